The highest BCUT2D eigenvalue weighted by Crippen LogP contribution is 2.22. The third kappa shape index (κ3) is 5.80. The van der Waals surface area contributed by atoms with Crippen LogP contribution < -0.4 is 15.4 Å². The molecule has 3 aromatic rings. The summed E-state index contributed by atoms with van der Waals surface area (Å²) in [6.07, 6.45) is 0. The monoisotopic (exact) mass is 473 g/mol. The molecule has 2 amide bonds. The topological polar surface area (TPSA) is 98.1 Å². The molecule has 0 spiro atoms. The number of thioether (sulfide) groups is 1. The predicted molar refractivity (Wildman–Crippen MR) is 125 cm³/mol. The molecule has 2 aromatic carbocycles. The van der Waals surface area contributed by atoms with Gasteiger partial charge in [-0.05, 0) is 55.8 Å². The number of nitrogens with one attached hydrogen (secondary N) is 2. The summed E-state index contributed by atoms with van der Waals surface area (Å²) in [6, 6.07) is 11.8. The van der Waals surface area contributed by atoms with Crippen LogP contribution in [-0.2, 0) is 11.8 Å². The third-order valence-corrected chi connectivity index (χ3v) is 6.02. The number of rotatable bonds is 8. The van der Waals surface area contributed by atoms with E-state index in [9.17, 15) is 9.59 Å². The van der Waals surface area contributed by atoms with Crippen molar-refractivity contribution in [1.29, 1.82) is 0 Å². The summed E-state index contributed by atoms with van der Waals surface area (Å²) in [6.45, 7) is 3.73. The molecular weight excluding hydrogens is 450 g/mol. The quantitative estimate of drug-likeness (QED) is 0.480. The Hall–Kier alpha value is -3.04. The van der Waals surface area contributed by atoms with E-state index < -0.39 is 0 Å². The Balaban J connectivity index is 1.58. The largest absolute Gasteiger partial charge is 0.497 e. The van der Waals surface area contributed by atoms with Crippen LogP contribution in [0.1, 0.15) is 34.7 Å². The van der Waals surface area contributed by atoms with Gasteiger partial charge < -0.3 is 19.9 Å². The Kier molecular flexibility index (Phi) is 7.76. The van der Waals surface area contributed by atoms with E-state index in [2.05, 4.69) is 20.8 Å². The van der Waals surface area contributed by atoms with Gasteiger partial charge in [0.05, 0.1) is 18.9 Å². The minimum absolute atomic E-state index is 0.157. The lowest BCUT2D eigenvalue weighted by Crippen LogP contribution is -2.28. The second-order valence-electron chi connectivity index (χ2n) is 7.12. The van der Waals surface area contributed by atoms with Gasteiger partial charge in [0.15, 0.2) is 11.0 Å². The average molecular weight is 474 g/mol. The Morgan fingerprint density at radius 1 is 1.19 bits per heavy atom. The van der Waals surface area contributed by atoms with Gasteiger partial charge in [-0.3, -0.25) is 9.59 Å². The molecule has 8 nitrogen and oxygen atoms in total. The number of amides is 2. The number of benzene rings is 2. The normalized spacial score (nSPS) is 11.7. The fourth-order valence-corrected chi connectivity index (χ4v) is 3.85. The van der Waals surface area contributed by atoms with E-state index >= 15 is 0 Å². The minimum atomic E-state index is -0.376. The fourth-order valence-electron chi connectivity index (χ4n) is 2.96. The number of methoxy groups -OCH3 is 1. The van der Waals surface area contributed by atoms with Gasteiger partial charge in [-0.25, -0.2) is 0 Å². The molecule has 2 N–H and O–H groups in total. The molecule has 0 radical (unpaired) electrons. The van der Waals surface area contributed by atoms with E-state index in [1.165, 1.54) is 11.8 Å². The van der Waals surface area contributed by atoms with Gasteiger partial charge in [0.25, 0.3) is 5.91 Å². The molecule has 0 fully saturated rings. The van der Waals surface area contributed by atoms with Crippen LogP contribution in [0, 0.1) is 6.92 Å². The molecule has 3 rings (SSSR count). The van der Waals surface area contributed by atoms with Crippen molar-refractivity contribution in [1.82, 2.24) is 20.1 Å². The van der Waals surface area contributed by atoms with Gasteiger partial charge in [0.1, 0.15) is 5.75 Å². The Bertz CT molecular complexity index is 1120. The van der Waals surface area contributed by atoms with Crippen molar-refractivity contribution in [2.24, 2.45) is 7.05 Å². The van der Waals surface area contributed by atoms with Crippen LogP contribution in [0.3, 0.4) is 0 Å². The second kappa shape index (κ2) is 10.5. The number of ether oxygens (including phenoxy) is 1. The zero-order valence-electron chi connectivity index (χ0n) is 18.2. The van der Waals surface area contributed by atoms with Crippen molar-refractivity contribution in [3.63, 3.8) is 0 Å². The SMILES string of the molecule is COc1ccc(C(=O)NC(C)c2nnc(SCC(=O)Nc3cc(Cl)ccc3C)n2C)cc1. The maximum atomic E-state index is 12.5. The smallest absolute Gasteiger partial charge is 0.251 e. The van der Waals surface area contributed by atoms with Crippen LogP contribution in [0.25, 0.3) is 0 Å². The molecule has 32 heavy (non-hydrogen) atoms. The van der Waals surface area contributed by atoms with Gasteiger partial charge in [0.2, 0.25) is 5.91 Å². The summed E-state index contributed by atoms with van der Waals surface area (Å²) < 4.78 is 6.88. The molecule has 0 saturated heterocycles. The highest BCUT2D eigenvalue weighted by atomic mass is 35.5. The van der Waals surface area contributed by atoms with Crippen molar-refractivity contribution < 1.29 is 14.3 Å². The first-order valence-corrected chi connectivity index (χ1v) is 11.2. The van der Waals surface area contributed by atoms with Crippen molar-refractivity contribution in [2.45, 2.75) is 25.0 Å². The molecule has 0 bridgehead atoms. The molecule has 1 heterocycles. The first-order valence-electron chi connectivity index (χ1n) is 9.81. The molecule has 1 unspecified atom stereocenters. The number of aromatic nitrogens is 3. The summed E-state index contributed by atoms with van der Waals surface area (Å²) in [5.74, 6) is 1.02. The van der Waals surface area contributed by atoms with E-state index in [0.29, 0.717) is 33.0 Å². The fraction of sp³-hybridized carbons (Fsp3) is 0.273. The lowest BCUT2D eigenvalue weighted by atomic mass is 10.2. The van der Waals surface area contributed by atoms with E-state index in [4.69, 9.17) is 16.3 Å². The number of carbonyl (C=O) groups excluding carboxylic acids is 2. The Labute approximate surface area is 195 Å². The van der Waals surface area contributed by atoms with E-state index in [1.807, 2.05) is 19.9 Å². The van der Waals surface area contributed by atoms with Crippen molar-refractivity contribution in [3.8, 4) is 5.75 Å². The maximum Gasteiger partial charge on any atom is 0.251 e. The van der Waals surface area contributed by atoms with Crippen LogP contribution in [0.2, 0.25) is 5.02 Å². The van der Waals surface area contributed by atoms with Gasteiger partial charge in [-0.1, -0.05) is 29.4 Å². The summed E-state index contributed by atoms with van der Waals surface area (Å²) in [5, 5.41) is 15.2. The van der Waals surface area contributed by atoms with Crippen molar-refractivity contribution in [3.05, 3.63) is 64.4 Å². The van der Waals surface area contributed by atoms with E-state index in [1.54, 1.807) is 55.1 Å². The number of hydrogen-bond donors (Lipinski definition) is 2. The van der Waals surface area contributed by atoms with Gasteiger partial charge in [-0.15, -0.1) is 10.2 Å². The first-order chi connectivity index (χ1) is 15.3. The number of hydrogen-bond acceptors (Lipinski definition) is 6. The lowest BCUT2D eigenvalue weighted by Gasteiger charge is -2.14. The molecule has 10 heteroatoms. The number of aryl methyl sites for hydroxylation is 1. The van der Waals surface area contributed by atoms with Crippen molar-refractivity contribution >= 4 is 40.9 Å². The van der Waals surface area contributed by atoms with E-state index in [0.717, 1.165) is 5.56 Å². The van der Waals surface area contributed by atoms with Gasteiger partial charge in [-0.2, -0.15) is 0 Å². The molecule has 168 valence electrons. The number of anilines is 1. The molecule has 1 atom stereocenters. The Morgan fingerprint density at radius 3 is 2.59 bits per heavy atom. The predicted octanol–water partition coefficient (Wildman–Crippen LogP) is 4.01. The Morgan fingerprint density at radius 2 is 1.91 bits per heavy atom. The summed E-state index contributed by atoms with van der Waals surface area (Å²) in [5.41, 5.74) is 2.12. The average Bonchev–Trinajstić information content (AvgIpc) is 3.15. The maximum absolute atomic E-state index is 12.5. The number of halogens is 1. The highest BCUT2D eigenvalue weighted by Gasteiger charge is 2.19. The summed E-state index contributed by atoms with van der Waals surface area (Å²) >= 11 is 7.26. The molecule has 0 aliphatic carbocycles. The van der Waals surface area contributed by atoms with Crippen LogP contribution in [0.5, 0.6) is 5.75 Å². The summed E-state index contributed by atoms with van der Waals surface area (Å²) in [7, 11) is 3.37. The molecule has 0 saturated carbocycles. The zero-order valence-corrected chi connectivity index (χ0v) is 19.8. The van der Waals surface area contributed by atoms with Gasteiger partial charge in [0, 0.05) is 23.3 Å². The summed E-state index contributed by atoms with van der Waals surface area (Å²) in [4.78, 5) is 24.9. The van der Waals surface area contributed by atoms with Crippen LogP contribution in [0.4, 0.5) is 5.69 Å². The zero-order chi connectivity index (χ0) is 23.3. The van der Waals surface area contributed by atoms with E-state index in [-0.39, 0.29) is 23.6 Å². The van der Waals surface area contributed by atoms with Crippen LogP contribution >= 0.6 is 23.4 Å². The minimum Gasteiger partial charge on any atom is -0.497 e. The third-order valence-electron chi connectivity index (χ3n) is 4.76. The number of carbonyl (C=O) groups is 2. The molecule has 0 aliphatic heterocycles. The second-order valence-corrected chi connectivity index (χ2v) is 8.50. The lowest BCUT2D eigenvalue weighted by molar-refractivity contribution is -0.113. The molecule has 0 aliphatic rings. The highest BCUT2D eigenvalue weighted by molar-refractivity contribution is 7.99. The molecular formula is C22H24ClN5O3S. The molecule has 1 aromatic heterocycles. The van der Waals surface area contributed by atoms with Crippen LogP contribution in [0.15, 0.2) is 47.6 Å². The number of nitrogens with zero attached hydrogens (tertiary/aromatic N) is 3. The first kappa shape index (κ1) is 23.6. The standard InChI is InChI=1S/C22H24ClN5O3S/c1-13-5-8-16(23)11-18(13)25-19(29)12-32-22-27-26-20(28(22)3)14(2)24-21(30)15-6-9-17(31-4)10-7-15/h5-11,14H,12H2,1-4H3,(H,24,30)(H,25,29). The van der Waals surface area contributed by atoms with Crippen LogP contribution in [-0.4, -0.2) is 39.4 Å². The van der Waals surface area contributed by atoms with Crippen molar-refractivity contribution in [2.75, 3.05) is 18.2 Å². The van der Waals surface area contributed by atoms with Gasteiger partial charge >= 0.3 is 0 Å².